The molecule has 0 unspecified atom stereocenters. The number of amides is 1. The van der Waals surface area contributed by atoms with Gasteiger partial charge in [0.1, 0.15) is 5.82 Å². The summed E-state index contributed by atoms with van der Waals surface area (Å²) in [5, 5.41) is 4.88. The molecule has 2 aromatic heterocycles. The first-order valence-electron chi connectivity index (χ1n) is 11.9. The van der Waals surface area contributed by atoms with Crippen LogP contribution < -0.4 is 0 Å². The van der Waals surface area contributed by atoms with Gasteiger partial charge in [0, 0.05) is 62.3 Å². The van der Waals surface area contributed by atoms with Crippen molar-refractivity contribution in [3.05, 3.63) is 70.6 Å². The molecule has 4 heterocycles. The van der Waals surface area contributed by atoms with Gasteiger partial charge in [0.2, 0.25) is 0 Å². The number of rotatable bonds is 7. The molecule has 0 bridgehead atoms. The number of morpholine rings is 1. The molecule has 1 amide bonds. The summed E-state index contributed by atoms with van der Waals surface area (Å²) in [6.07, 6.45) is 4.76. The number of aryl methyl sites for hydroxylation is 3. The molecule has 8 heteroatoms. The normalized spacial score (nSPS) is 16.7. The number of H-pyrrole nitrogens is 1. The summed E-state index contributed by atoms with van der Waals surface area (Å²) in [7, 11) is 0. The van der Waals surface area contributed by atoms with E-state index < -0.39 is 0 Å². The molecule has 1 fully saturated rings. The maximum absolute atomic E-state index is 13.4. The summed E-state index contributed by atoms with van der Waals surface area (Å²) in [5.74, 6) is 0.999. The number of hydrogen-bond donors (Lipinski definition) is 1. The van der Waals surface area contributed by atoms with E-state index in [1.54, 1.807) is 0 Å². The summed E-state index contributed by atoms with van der Waals surface area (Å²) in [6, 6.07) is 10.5. The van der Waals surface area contributed by atoms with Gasteiger partial charge >= 0.3 is 0 Å². The molecule has 0 saturated carbocycles. The Morgan fingerprint density at radius 1 is 1.15 bits per heavy atom. The highest BCUT2D eigenvalue weighted by molar-refractivity contribution is 5.94. The fourth-order valence-electron chi connectivity index (χ4n) is 4.79. The van der Waals surface area contributed by atoms with Crippen molar-refractivity contribution < 1.29 is 9.53 Å². The number of ether oxygens (including phenoxy) is 1. The lowest BCUT2D eigenvalue weighted by atomic mass is 10.0. The van der Waals surface area contributed by atoms with E-state index in [2.05, 4.69) is 43.8 Å². The number of nitrogens with zero attached hydrogens (tertiary/aromatic N) is 5. The number of carbonyl (C=O) groups excluding carboxylic acids is 1. The molecule has 1 N–H and O–H groups in total. The Hall–Kier alpha value is -2.97. The van der Waals surface area contributed by atoms with E-state index in [0.29, 0.717) is 32.0 Å². The fraction of sp³-hybridized carbons (Fsp3) is 0.480. The fourth-order valence-corrected chi connectivity index (χ4v) is 4.79. The molecule has 0 atom stereocenters. The SMILES string of the molecule is Cc1cnc(CN2CCc3c(c(C(=O)N4CCOCC4)nn3CCCc3ccccc3)C2)[nH]1. The van der Waals surface area contributed by atoms with Gasteiger partial charge in [-0.1, -0.05) is 30.3 Å². The van der Waals surface area contributed by atoms with Crippen LogP contribution in [0.15, 0.2) is 36.5 Å². The zero-order chi connectivity index (χ0) is 22.6. The Morgan fingerprint density at radius 3 is 2.73 bits per heavy atom. The van der Waals surface area contributed by atoms with E-state index in [0.717, 1.165) is 62.5 Å². The number of benzene rings is 1. The quantitative estimate of drug-likeness (QED) is 0.601. The van der Waals surface area contributed by atoms with Crippen LogP contribution in [0.1, 0.15) is 45.2 Å². The number of nitrogens with one attached hydrogen (secondary N) is 1. The number of hydrogen-bond acceptors (Lipinski definition) is 5. The van der Waals surface area contributed by atoms with Crippen LogP contribution in [0.3, 0.4) is 0 Å². The smallest absolute Gasteiger partial charge is 0.274 e. The Labute approximate surface area is 194 Å². The predicted molar refractivity (Wildman–Crippen MR) is 125 cm³/mol. The topological polar surface area (TPSA) is 79.3 Å². The third-order valence-electron chi connectivity index (χ3n) is 6.52. The summed E-state index contributed by atoms with van der Waals surface area (Å²) >= 11 is 0. The number of aromatic amines is 1. The molecule has 174 valence electrons. The van der Waals surface area contributed by atoms with Gasteiger partial charge in [-0.05, 0) is 25.3 Å². The second-order valence-electron chi connectivity index (χ2n) is 8.96. The highest BCUT2D eigenvalue weighted by Crippen LogP contribution is 2.25. The van der Waals surface area contributed by atoms with Crippen molar-refractivity contribution in [3.63, 3.8) is 0 Å². The minimum atomic E-state index is 0.0343. The monoisotopic (exact) mass is 448 g/mol. The van der Waals surface area contributed by atoms with Crippen LogP contribution >= 0.6 is 0 Å². The van der Waals surface area contributed by atoms with E-state index in [1.807, 2.05) is 24.1 Å². The van der Waals surface area contributed by atoms with Crippen LogP contribution in [-0.2, 0) is 37.2 Å². The van der Waals surface area contributed by atoms with E-state index in [1.165, 1.54) is 11.3 Å². The number of imidazole rings is 1. The Kier molecular flexibility index (Phi) is 6.55. The van der Waals surface area contributed by atoms with Gasteiger partial charge in [-0.3, -0.25) is 14.4 Å². The van der Waals surface area contributed by atoms with Gasteiger partial charge in [0.05, 0.1) is 19.8 Å². The van der Waals surface area contributed by atoms with E-state index in [9.17, 15) is 4.79 Å². The average molecular weight is 449 g/mol. The van der Waals surface area contributed by atoms with Gasteiger partial charge in [-0.25, -0.2) is 4.98 Å². The first-order valence-corrected chi connectivity index (χ1v) is 11.9. The van der Waals surface area contributed by atoms with Gasteiger partial charge in [-0.2, -0.15) is 5.10 Å². The third-order valence-corrected chi connectivity index (χ3v) is 6.52. The van der Waals surface area contributed by atoms with Crippen LogP contribution in [0.2, 0.25) is 0 Å². The standard InChI is InChI=1S/C25H32N6O2/c1-19-16-26-23(27-19)18-29-11-9-22-21(17-29)24(25(32)30-12-14-33-15-13-30)28-31(22)10-5-8-20-6-3-2-4-7-20/h2-4,6-7,16H,5,8-15,17-18H2,1H3,(H,26,27). The molecule has 3 aromatic rings. The van der Waals surface area contributed by atoms with Gasteiger partial charge in [-0.15, -0.1) is 0 Å². The lowest BCUT2D eigenvalue weighted by Gasteiger charge is -2.29. The lowest BCUT2D eigenvalue weighted by molar-refractivity contribution is 0.0297. The number of fused-ring (bicyclic) bond motifs is 1. The molecular weight excluding hydrogens is 416 g/mol. The molecule has 1 aromatic carbocycles. The zero-order valence-corrected chi connectivity index (χ0v) is 19.3. The van der Waals surface area contributed by atoms with Crippen molar-refractivity contribution >= 4 is 5.91 Å². The molecule has 0 spiro atoms. The second-order valence-corrected chi connectivity index (χ2v) is 8.96. The first kappa shape index (κ1) is 21.9. The predicted octanol–water partition coefficient (Wildman–Crippen LogP) is 2.58. The van der Waals surface area contributed by atoms with E-state index in [4.69, 9.17) is 9.84 Å². The van der Waals surface area contributed by atoms with Gasteiger partial charge in [0.15, 0.2) is 5.69 Å². The minimum Gasteiger partial charge on any atom is -0.378 e. The second kappa shape index (κ2) is 9.89. The summed E-state index contributed by atoms with van der Waals surface area (Å²) in [5.41, 5.74) is 5.32. The molecule has 8 nitrogen and oxygen atoms in total. The molecular formula is C25H32N6O2. The highest BCUT2D eigenvalue weighted by atomic mass is 16.5. The lowest BCUT2D eigenvalue weighted by Crippen LogP contribution is -2.41. The highest BCUT2D eigenvalue weighted by Gasteiger charge is 2.31. The van der Waals surface area contributed by atoms with Crippen molar-refractivity contribution in [1.82, 2.24) is 29.5 Å². The summed E-state index contributed by atoms with van der Waals surface area (Å²) in [6.45, 7) is 7.69. The largest absolute Gasteiger partial charge is 0.378 e. The van der Waals surface area contributed by atoms with Gasteiger partial charge < -0.3 is 14.6 Å². The van der Waals surface area contributed by atoms with Crippen LogP contribution in [0, 0.1) is 6.92 Å². The van der Waals surface area contributed by atoms with Crippen molar-refractivity contribution in [3.8, 4) is 0 Å². The van der Waals surface area contributed by atoms with Crippen molar-refractivity contribution in [2.45, 2.75) is 45.8 Å². The van der Waals surface area contributed by atoms with Crippen molar-refractivity contribution in [1.29, 1.82) is 0 Å². The van der Waals surface area contributed by atoms with Crippen LogP contribution in [0.5, 0.6) is 0 Å². The van der Waals surface area contributed by atoms with E-state index in [-0.39, 0.29) is 5.91 Å². The Morgan fingerprint density at radius 2 is 1.97 bits per heavy atom. The van der Waals surface area contributed by atoms with Crippen LogP contribution in [-0.4, -0.2) is 68.3 Å². The van der Waals surface area contributed by atoms with E-state index >= 15 is 0 Å². The Bertz CT molecular complexity index is 1080. The van der Waals surface area contributed by atoms with Crippen molar-refractivity contribution in [2.24, 2.45) is 0 Å². The average Bonchev–Trinajstić information content (AvgIpc) is 3.42. The molecule has 2 aliphatic heterocycles. The third kappa shape index (κ3) is 5.02. The minimum absolute atomic E-state index is 0.0343. The molecule has 1 saturated heterocycles. The number of aromatic nitrogens is 4. The molecule has 5 rings (SSSR count). The zero-order valence-electron chi connectivity index (χ0n) is 19.3. The van der Waals surface area contributed by atoms with Crippen LogP contribution in [0.4, 0.5) is 0 Å². The summed E-state index contributed by atoms with van der Waals surface area (Å²) < 4.78 is 7.54. The Balaban J connectivity index is 1.35. The first-order chi connectivity index (χ1) is 16.2. The number of carbonyl (C=O) groups is 1. The molecule has 0 aliphatic carbocycles. The molecule has 2 aliphatic rings. The maximum Gasteiger partial charge on any atom is 0.274 e. The van der Waals surface area contributed by atoms with Gasteiger partial charge in [0.25, 0.3) is 5.91 Å². The van der Waals surface area contributed by atoms with Crippen LogP contribution in [0.25, 0.3) is 0 Å². The molecule has 0 radical (unpaired) electrons. The molecule has 33 heavy (non-hydrogen) atoms. The van der Waals surface area contributed by atoms with Crippen molar-refractivity contribution in [2.75, 3.05) is 32.8 Å². The summed E-state index contributed by atoms with van der Waals surface area (Å²) in [4.78, 5) is 25.4. The maximum atomic E-state index is 13.4.